The van der Waals surface area contributed by atoms with Crippen LogP contribution in [0, 0.1) is 0 Å². The van der Waals surface area contributed by atoms with E-state index in [-0.39, 0.29) is 16.8 Å². The molecule has 8 heteroatoms. The third-order valence-corrected chi connectivity index (χ3v) is 6.02. The molecule has 2 N–H and O–H groups in total. The van der Waals surface area contributed by atoms with Crippen molar-refractivity contribution in [2.75, 3.05) is 5.75 Å². The average Bonchev–Trinajstić information content (AvgIpc) is 2.56. The summed E-state index contributed by atoms with van der Waals surface area (Å²) in [5.74, 6) is 1.37. The first-order valence-corrected chi connectivity index (χ1v) is 10.3. The van der Waals surface area contributed by atoms with E-state index in [9.17, 15) is 13.8 Å². The summed E-state index contributed by atoms with van der Waals surface area (Å²) in [7, 11) is -1.23. The molecule has 6 nitrogen and oxygen atoms in total. The van der Waals surface area contributed by atoms with Gasteiger partial charge in [-0.1, -0.05) is 18.2 Å². The van der Waals surface area contributed by atoms with Gasteiger partial charge in [-0.2, -0.15) is 0 Å². The van der Waals surface area contributed by atoms with Crippen molar-refractivity contribution in [3.63, 3.8) is 0 Å². The van der Waals surface area contributed by atoms with Crippen LogP contribution in [0.15, 0.2) is 57.1 Å². The Morgan fingerprint density at radius 2 is 1.92 bits per heavy atom. The van der Waals surface area contributed by atoms with Gasteiger partial charge in [0.05, 0.1) is 10.8 Å². The Labute approximate surface area is 153 Å². The Hall–Kier alpha value is -1.64. The zero-order chi connectivity index (χ0) is 18.3. The predicted molar refractivity (Wildman–Crippen MR) is 103 cm³/mol. The summed E-state index contributed by atoms with van der Waals surface area (Å²) >= 11 is 1.62. The molecule has 2 rings (SSSR count). The van der Waals surface area contributed by atoms with Crippen LogP contribution in [0.2, 0.25) is 0 Å². The second-order valence-corrected chi connectivity index (χ2v) is 8.58. The fraction of sp³-hybridized carbons (Fsp3) is 0.412. The van der Waals surface area contributed by atoms with Crippen LogP contribution in [0.25, 0.3) is 0 Å². The molecule has 0 fully saturated rings. The van der Waals surface area contributed by atoms with E-state index in [0.717, 1.165) is 23.5 Å². The van der Waals surface area contributed by atoms with Crippen LogP contribution < -0.4 is 16.0 Å². The minimum atomic E-state index is -1.23. The van der Waals surface area contributed by atoms with E-state index in [1.54, 1.807) is 11.8 Å². The molecule has 0 amide bonds. The molecule has 2 aromatic rings. The number of benzene rings is 1. The Morgan fingerprint density at radius 1 is 1.20 bits per heavy atom. The number of hydrogen-bond donors (Lipinski definition) is 2. The maximum atomic E-state index is 12.3. The standard InChI is InChI=1S/C17H23N3O3S2/c1-17(2,19-25(23)14-7-4-3-5-8-14)10-6-12-24-13-20-11-9-15(21)18-16(20)22/h3-5,7-9,11,19H,6,10,12-13H2,1-2H3,(H,18,21,22). The van der Waals surface area contributed by atoms with Gasteiger partial charge in [-0.3, -0.25) is 14.3 Å². The number of nitrogens with zero attached hydrogens (tertiary/aromatic N) is 1. The Kier molecular flexibility index (Phi) is 7.22. The highest BCUT2D eigenvalue weighted by atomic mass is 32.2. The second kappa shape index (κ2) is 9.17. The summed E-state index contributed by atoms with van der Waals surface area (Å²) in [5.41, 5.74) is -1.03. The maximum Gasteiger partial charge on any atom is 0.329 e. The highest BCUT2D eigenvalue weighted by Gasteiger charge is 2.20. The lowest BCUT2D eigenvalue weighted by molar-refractivity contribution is 0.431. The molecule has 25 heavy (non-hydrogen) atoms. The lowest BCUT2D eigenvalue weighted by Gasteiger charge is -2.25. The van der Waals surface area contributed by atoms with Gasteiger partial charge in [0.2, 0.25) is 0 Å². The number of aromatic nitrogens is 2. The largest absolute Gasteiger partial charge is 0.329 e. The number of hydrogen-bond acceptors (Lipinski definition) is 4. The quantitative estimate of drug-likeness (QED) is 0.652. The van der Waals surface area contributed by atoms with Crippen molar-refractivity contribution in [1.82, 2.24) is 14.3 Å². The molecule has 0 radical (unpaired) electrons. The Bertz CT molecular complexity index is 816. The molecule has 0 spiro atoms. The third kappa shape index (κ3) is 6.64. The van der Waals surface area contributed by atoms with Gasteiger partial charge in [-0.05, 0) is 44.6 Å². The van der Waals surface area contributed by atoms with E-state index in [1.807, 2.05) is 44.2 Å². The number of nitrogens with one attached hydrogen (secondary N) is 2. The van der Waals surface area contributed by atoms with Crippen LogP contribution in [0.4, 0.5) is 0 Å². The van der Waals surface area contributed by atoms with E-state index in [4.69, 9.17) is 0 Å². The molecule has 0 saturated carbocycles. The minimum Gasteiger partial charge on any atom is -0.291 e. The molecule has 0 bridgehead atoms. The highest BCUT2D eigenvalue weighted by molar-refractivity contribution is 7.98. The zero-order valence-corrected chi connectivity index (χ0v) is 16.0. The van der Waals surface area contributed by atoms with Crippen molar-refractivity contribution in [1.29, 1.82) is 0 Å². The maximum absolute atomic E-state index is 12.3. The van der Waals surface area contributed by atoms with Gasteiger partial charge in [0.15, 0.2) is 0 Å². The lowest BCUT2D eigenvalue weighted by atomic mass is 10.0. The van der Waals surface area contributed by atoms with Gasteiger partial charge < -0.3 is 0 Å². The fourth-order valence-corrected chi connectivity index (χ4v) is 4.23. The molecule has 0 saturated heterocycles. The summed E-state index contributed by atoms with van der Waals surface area (Å²) in [5, 5.41) is 0. The van der Waals surface area contributed by atoms with Crippen LogP contribution in [0.1, 0.15) is 26.7 Å². The van der Waals surface area contributed by atoms with Crippen molar-refractivity contribution in [2.24, 2.45) is 0 Å². The highest BCUT2D eigenvalue weighted by Crippen LogP contribution is 2.17. The summed E-state index contributed by atoms with van der Waals surface area (Å²) in [6.45, 7) is 4.07. The van der Waals surface area contributed by atoms with Gasteiger partial charge >= 0.3 is 5.69 Å². The van der Waals surface area contributed by atoms with E-state index >= 15 is 0 Å². The summed E-state index contributed by atoms with van der Waals surface area (Å²) in [6, 6.07) is 10.7. The van der Waals surface area contributed by atoms with Gasteiger partial charge in [-0.15, -0.1) is 11.8 Å². The molecule has 0 aliphatic heterocycles. The van der Waals surface area contributed by atoms with Crippen molar-refractivity contribution < 1.29 is 4.21 Å². The third-order valence-electron chi connectivity index (χ3n) is 3.54. The van der Waals surface area contributed by atoms with Gasteiger partial charge in [0.25, 0.3) is 5.56 Å². The molecule has 1 heterocycles. The van der Waals surface area contributed by atoms with Crippen molar-refractivity contribution in [2.45, 2.75) is 43.0 Å². The first-order valence-electron chi connectivity index (χ1n) is 7.99. The molecule has 136 valence electrons. The van der Waals surface area contributed by atoms with Crippen LogP contribution in [-0.2, 0) is 16.9 Å². The predicted octanol–water partition coefficient (Wildman–Crippen LogP) is 2.10. The molecule has 1 aromatic carbocycles. The van der Waals surface area contributed by atoms with Crippen LogP contribution in [0.5, 0.6) is 0 Å². The summed E-state index contributed by atoms with van der Waals surface area (Å²) < 4.78 is 17.0. The van der Waals surface area contributed by atoms with Crippen molar-refractivity contribution in [3.05, 3.63) is 63.4 Å². The normalized spacial score (nSPS) is 12.9. The van der Waals surface area contributed by atoms with Crippen LogP contribution in [0.3, 0.4) is 0 Å². The van der Waals surface area contributed by atoms with E-state index < -0.39 is 11.0 Å². The molecular weight excluding hydrogens is 358 g/mol. The first-order chi connectivity index (χ1) is 11.9. The minimum absolute atomic E-state index is 0.254. The Balaban J connectivity index is 1.73. The van der Waals surface area contributed by atoms with E-state index in [0.29, 0.717) is 5.88 Å². The molecule has 0 aliphatic carbocycles. The number of rotatable bonds is 9. The van der Waals surface area contributed by atoms with Gasteiger partial charge in [0, 0.05) is 17.8 Å². The molecule has 1 aromatic heterocycles. The van der Waals surface area contributed by atoms with Gasteiger partial charge in [0.1, 0.15) is 11.0 Å². The van der Waals surface area contributed by atoms with Crippen LogP contribution >= 0.6 is 11.8 Å². The van der Waals surface area contributed by atoms with Crippen molar-refractivity contribution in [3.8, 4) is 0 Å². The summed E-state index contributed by atoms with van der Waals surface area (Å²) in [6.07, 6.45) is 3.29. The topological polar surface area (TPSA) is 84.0 Å². The summed E-state index contributed by atoms with van der Waals surface area (Å²) in [4.78, 5) is 25.6. The number of H-pyrrole nitrogens is 1. The fourth-order valence-electron chi connectivity index (χ4n) is 2.23. The molecule has 0 aliphatic rings. The van der Waals surface area contributed by atoms with Crippen LogP contribution in [-0.4, -0.2) is 25.1 Å². The smallest absolute Gasteiger partial charge is 0.291 e. The molecule has 1 unspecified atom stereocenters. The molecular formula is C17H23N3O3S2. The van der Waals surface area contributed by atoms with Crippen molar-refractivity contribution >= 4 is 22.7 Å². The number of thioether (sulfide) groups is 1. The lowest BCUT2D eigenvalue weighted by Crippen LogP contribution is -2.40. The average molecular weight is 382 g/mol. The van der Waals surface area contributed by atoms with Gasteiger partial charge in [-0.25, -0.2) is 13.7 Å². The molecule has 1 atom stereocenters. The second-order valence-electron chi connectivity index (χ2n) is 6.29. The SMILES string of the molecule is CC(C)(CCCSCn1ccc(=O)[nH]c1=O)NS(=O)c1ccccc1. The van der Waals surface area contributed by atoms with E-state index in [2.05, 4.69) is 9.71 Å². The zero-order valence-electron chi connectivity index (χ0n) is 14.4. The first kappa shape index (κ1) is 19.7. The number of aromatic amines is 1. The monoisotopic (exact) mass is 381 g/mol. The van der Waals surface area contributed by atoms with E-state index in [1.165, 1.54) is 16.8 Å². The Morgan fingerprint density at radius 3 is 2.60 bits per heavy atom.